The molecular formula is C10H10N4O2S. The van der Waals surface area contributed by atoms with Crippen LogP contribution < -0.4 is 0 Å². The molecule has 88 valence electrons. The van der Waals surface area contributed by atoms with Crippen LogP contribution in [0.1, 0.15) is 23.0 Å². The number of aromatic nitrogens is 4. The number of nitrogens with one attached hydrogen (secondary N) is 1. The van der Waals surface area contributed by atoms with E-state index in [1.807, 2.05) is 6.92 Å². The molecule has 2 N–H and O–H groups in total. The van der Waals surface area contributed by atoms with Gasteiger partial charge < -0.3 is 5.11 Å². The van der Waals surface area contributed by atoms with Crippen molar-refractivity contribution in [3.05, 3.63) is 29.7 Å². The van der Waals surface area contributed by atoms with Crippen molar-refractivity contribution < 1.29 is 9.90 Å². The minimum absolute atomic E-state index is 0.235. The molecule has 6 nitrogen and oxygen atoms in total. The first kappa shape index (κ1) is 11.6. The van der Waals surface area contributed by atoms with Gasteiger partial charge in [0.15, 0.2) is 5.16 Å². The van der Waals surface area contributed by atoms with Gasteiger partial charge in [0.2, 0.25) is 0 Å². The van der Waals surface area contributed by atoms with E-state index in [9.17, 15) is 4.79 Å². The molecule has 0 saturated carbocycles. The molecule has 0 unspecified atom stereocenters. The Morgan fingerprint density at radius 2 is 2.35 bits per heavy atom. The Morgan fingerprint density at radius 3 is 2.94 bits per heavy atom. The third-order valence-corrected chi connectivity index (χ3v) is 2.87. The normalized spacial score (nSPS) is 10.4. The molecular weight excluding hydrogens is 240 g/mol. The van der Waals surface area contributed by atoms with Crippen LogP contribution in [0.3, 0.4) is 0 Å². The minimum Gasteiger partial charge on any atom is -0.478 e. The topological polar surface area (TPSA) is 91.8 Å². The van der Waals surface area contributed by atoms with Gasteiger partial charge >= 0.3 is 5.97 Å². The molecule has 0 fully saturated rings. The number of nitrogens with zero attached hydrogens (tertiary/aromatic N) is 3. The van der Waals surface area contributed by atoms with E-state index in [1.165, 1.54) is 24.2 Å². The van der Waals surface area contributed by atoms with E-state index in [4.69, 9.17) is 5.11 Å². The summed E-state index contributed by atoms with van der Waals surface area (Å²) >= 11 is 1.25. The van der Waals surface area contributed by atoms with Gasteiger partial charge in [0, 0.05) is 5.69 Å². The maximum absolute atomic E-state index is 11.0. The molecule has 0 aliphatic carbocycles. The van der Waals surface area contributed by atoms with Crippen LogP contribution in [0.2, 0.25) is 0 Å². The summed E-state index contributed by atoms with van der Waals surface area (Å²) in [6.07, 6.45) is 2.08. The lowest BCUT2D eigenvalue weighted by Gasteiger charge is -2.03. The summed E-state index contributed by atoms with van der Waals surface area (Å²) in [4.78, 5) is 19.2. The summed E-state index contributed by atoms with van der Waals surface area (Å²) < 4.78 is 0. The molecule has 0 aliphatic heterocycles. The highest BCUT2D eigenvalue weighted by molar-refractivity contribution is 7.99. The number of pyridine rings is 1. The van der Waals surface area contributed by atoms with Crippen LogP contribution in [-0.2, 0) is 6.42 Å². The zero-order valence-electron chi connectivity index (χ0n) is 9.04. The molecule has 2 rings (SSSR count). The Bertz CT molecular complexity index is 527. The lowest BCUT2D eigenvalue weighted by molar-refractivity contribution is 0.0696. The maximum atomic E-state index is 11.0. The predicted molar refractivity (Wildman–Crippen MR) is 61.1 cm³/mol. The molecule has 17 heavy (non-hydrogen) atoms. The molecule has 0 atom stereocenters. The lowest BCUT2D eigenvalue weighted by atomic mass is 10.2. The number of carboxylic acids is 1. The average molecular weight is 250 g/mol. The van der Waals surface area contributed by atoms with Crippen molar-refractivity contribution in [2.75, 3.05) is 0 Å². The molecule has 0 radical (unpaired) electrons. The smallest absolute Gasteiger partial charge is 0.335 e. The van der Waals surface area contributed by atoms with E-state index in [0.717, 1.165) is 5.69 Å². The number of carbonyl (C=O) groups is 1. The zero-order valence-corrected chi connectivity index (χ0v) is 9.86. The van der Waals surface area contributed by atoms with Crippen molar-refractivity contribution in [1.29, 1.82) is 0 Å². The molecule has 2 heterocycles. The van der Waals surface area contributed by atoms with E-state index in [2.05, 4.69) is 20.2 Å². The number of rotatable bonds is 4. The second kappa shape index (κ2) is 4.96. The summed E-state index contributed by atoms with van der Waals surface area (Å²) in [6, 6.07) is 3.10. The average Bonchev–Trinajstić information content (AvgIpc) is 2.81. The molecule has 0 saturated heterocycles. The van der Waals surface area contributed by atoms with E-state index in [1.54, 1.807) is 6.07 Å². The monoisotopic (exact) mass is 250 g/mol. The van der Waals surface area contributed by atoms with E-state index < -0.39 is 5.97 Å². The zero-order chi connectivity index (χ0) is 12.3. The lowest BCUT2D eigenvalue weighted by Crippen LogP contribution is -2.00. The van der Waals surface area contributed by atoms with Crippen LogP contribution >= 0.6 is 11.8 Å². The van der Waals surface area contributed by atoms with Gasteiger partial charge in [-0.3, -0.25) is 5.10 Å². The Kier molecular flexibility index (Phi) is 3.38. The van der Waals surface area contributed by atoms with Gasteiger partial charge in [0.05, 0.1) is 5.56 Å². The second-order valence-corrected chi connectivity index (χ2v) is 4.25. The van der Waals surface area contributed by atoms with Gasteiger partial charge in [-0.2, -0.15) is 5.10 Å². The molecule has 0 aliphatic rings. The third-order valence-electron chi connectivity index (χ3n) is 2.06. The molecule has 7 heteroatoms. The van der Waals surface area contributed by atoms with Crippen LogP contribution in [0, 0.1) is 0 Å². The molecule has 0 amide bonds. The minimum atomic E-state index is -0.957. The molecule has 2 aromatic rings. The van der Waals surface area contributed by atoms with Gasteiger partial charge in [-0.1, -0.05) is 6.92 Å². The fourth-order valence-corrected chi connectivity index (χ4v) is 2.00. The SMILES string of the molecule is CCc1cc(C(=O)O)cc(Sc2ncn[nH]2)n1. The first-order chi connectivity index (χ1) is 8.19. The third kappa shape index (κ3) is 2.82. The number of hydrogen-bond donors (Lipinski definition) is 2. The first-order valence-corrected chi connectivity index (χ1v) is 5.78. The van der Waals surface area contributed by atoms with Crippen molar-refractivity contribution in [1.82, 2.24) is 20.2 Å². The highest BCUT2D eigenvalue weighted by Gasteiger charge is 2.09. The molecule has 0 spiro atoms. The van der Waals surface area contributed by atoms with Gasteiger partial charge in [0.25, 0.3) is 0 Å². The number of aromatic carboxylic acids is 1. The van der Waals surface area contributed by atoms with Crippen molar-refractivity contribution in [2.45, 2.75) is 23.5 Å². The maximum Gasteiger partial charge on any atom is 0.335 e. The Labute approximate surface area is 101 Å². The van der Waals surface area contributed by atoms with Crippen LogP contribution in [0.4, 0.5) is 0 Å². The highest BCUT2D eigenvalue weighted by atomic mass is 32.2. The van der Waals surface area contributed by atoms with Crippen molar-refractivity contribution in [2.24, 2.45) is 0 Å². The van der Waals surface area contributed by atoms with E-state index in [-0.39, 0.29) is 5.56 Å². The fraction of sp³-hybridized carbons (Fsp3) is 0.200. The van der Waals surface area contributed by atoms with Crippen LogP contribution in [-0.4, -0.2) is 31.2 Å². The van der Waals surface area contributed by atoms with E-state index >= 15 is 0 Å². The molecule has 2 aromatic heterocycles. The number of aryl methyl sites for hydroxylation is 1. The quantitative estimate of drug-likeness (QED) is 0.856. The standard InChI is InChI=1S/C10H10N4O2S/c1-2-7-3-6(9(15)16)4-8(13-7)17-10-11-5-12-14-10/h3-5H,2H2,1H3,(H,15,16)(H,11,12,14). The summed E-state index contributed by atoms with van der Waals surface area (Å²) in [6.45, 7) is 1.93. The number of carboxylic acid groups (broad SMARTS) is 1. The second-order valence-electron chi connectivity index (χ2n) is 3.24. The summed E-state index contributed by atoms with van der Waals surface area (Å²) in [7, 11) is 0. The van der Waals surface area contributed by atoms with E-state index in [0.29, 0.717) is 16.6 Å². The van der Waals surface area contributed by atoms with Crippen molar-refractivity contribution >= 4 is 17.7 Å². The summed E-state index contributed by atoms with van der Waals surface area (Å²) in [5.41, 5.74) is 0.978. The Morgan fingerprint density at radius 1 is 1.53 bits per heavy atom. The van der Waals surface area contributed by atoms with Gasteiger partial charge in [-0.05, 0) is 30.3 Å². The summed E-state index contributed by atoms with van der Waals surface area (Å²) in [5, 5.41) is 16.6. The first-order valence-electron chi connectivity index (χ1n) is 4.96. The summed E-state index contributed by atoms with van der Waals surface area (Å²) in [5.74, 6) is -0.957. The van der Waals surface area contributed by atoms with Crippen molar-refractivity contribution in [3.63, 3.8) is 0 Å². The van der Waals surface area contributed by atoms with Crippen LogP contribution in [0.25, 0.3) is 0 Å². The highest BCUT2D eigenvalue weighted by Crippen LogP contribution is 2.23. The van der Waals surface area contributed by atoms with Gasteiger partial charge in [-0.25, -0.2) is 14.8 Å². The number of hydrogen-bond acceptors (Lipinski definition) is 5. The van der Waals surface area contributed by atoms with Gasteiger partial charge in [-0.15, -0.1) is 0 Å². The van der Waals surface area contributed by atoms with Gasteiger partial charge in [0.1, 0.15) is 11.4 Å². The molecule has 0 bridgehead atoms. The number of H-pyrrole nitrogens is 1. The fourth-order valence-electron chi connectivity index (χ4n) is 1.26. The largest absolute Gasteiger partial charge is 0.478 e. The van der Waals surface area contributed by atoms with Crippen LogP contribution in [0.5, 0.6) is 0 Å². The number of aromatic amines is 1. The van der Waals surface area contributed by atoms with Crippen molar-refractivity contribution in [3.8, 4) is 0 Å². The Balaban J connectivity index is 2.33. The molecule has 0 aromatic carbocycles. The predicted octanol–water partition coefficient (Wildman–Crippen LogP) is 1.61. The van der Waals surface area contributed by atoms with Crippen LogP contribution in [0.15, 0.2) is 28.6 Å². The Hall–Kier alpha value is -1.89.